The van der Waals surface area contributed by atoms with Gasteiger partial charge in [0.25, 0.3) is 5.91 Å². The van der Waals surface area contributed by atoms with Crippen molar-refractivity contribution >= 4 is 34.4 Å². The van der Waals surface area contributed by atoms with Crippen molar-refractivity contribution in [1.29, 1.82) is 0 Å². The molecule has 0 unspecified atom stereocenters. The van der Waals surface area contributed by atoms with Crippen molar-refractivity contribution in [2.24, 2.45) is 4.99 Å². The molecule has 1 fully saturated rings. The normalized spacial score (nSPS) is 23.0. The predicted molar refractivity (Wildman–Crippen MR) is 122 cm³/mol. The highest BCUT2D eigenvalue weighted by Crippen LogP contribution is 2.44. The van der Waals surface area contributed by atoms with E-state index in [1.165, 1.54) is 17.3 Å². The van der Waals surface area contributed by atoms with Crippen molar-refractivity contribution < 1.29 is 9.53 Å². The molecule has 0 saturated carbocycles. The number of piperidine rings is 1. The molecule has 4 heterocycles. The predicted octanol–water partition coefficient (Wildman–Crippen LogP) is 5.06. The van der Waals surface area contributed by atoms with Crippen LogP contribution in [0.4, 0.5) is 0 Å². The highest BCUT2D eigenvalue weighted by Gasteiger charge is 2.45. The Morgan fingerprint density at radius 1 is 1.33 bits per heavy atom. The van der Waals surface area contributed by atoms with E-state index in [-0.39, 0.29) is 11.5 Å². The molecule has 0 bridgehead atoms. The first kappa shape index (κ1) is 21.1. The van der Waals surface area contributed by atoms with Gasteiger partial charge in [-0.1, -0.05) is 36.4 Å². The van der Waals surface area contributed by atoms with Gasteiger partial charge in [0.2, 0.25) is 0 Å². The Balaban J connectivity index is 1.46. The van der Waals surface area contributed by atoms with Gasteiger partial charge < -0.3 is 9.64 Å². The first-order chi connectivity index (χ1) is 14.4. The lowest BCUT2D eigenvalue weighted by atomic mass is 9.87. The van der Waals surface area contributed by atoms with Gasteiger partial charge in [-0.3, -0.25) is 9.78 Å². The minimum Gasteiger partial charge on any atom is -0.364 e. The molecule has 1 aromatic heterocycles. The number of carbonyl (C=O) groups is 1. The number of hydrogen-bond acceptors (Lipinski definition) is 5. The Bertz CT molecular complexity index is 1020. The molecule has 0 radical (unpaired) electrons. The van der Waals surface area contributed by atoms with Gasteiger partial charge in [0.15, 0.2) is 5.17 Å². The fraction of sp³-hybridized carbons (Fsp3) is 0.348. The van der Waals surface area contributed by atoms with Crippen molar-refractivity contribution in [3.63, 3.8) is 0 Å². The second-order valence-corrected chi connectivity index (χ2v) is 9.06. The molecule has 3 aliphatic rings. The Kier molecular flexibility index (Phi) is 6.00. The standard InChI is InChI=1S/C23H24ClN3O2S/c1-4-18(24)8-7-15(2)16(3)19-21(28)26-22(30-19)27-12-9-23(10-13-27)20-17(14-29-23)6-5-11-25-20/h4-8,11H,1,9-10,12-14H2,2-3H3/b15-7+,18-8+,19-16-. The maximum atomic E-state index is 12.6. The van der Waals surface area contributed by atoms with E-state index in [4.69, 9.17) is 16.3 Å². The monoisotopic (exact) mass is 441 g/mol. The molecule has 4 rings (SSSR count). The van der Waals surface area contributed by atoms with Crippen LogP contribution in [0.15, 0.2) is 69.2 Å². The molecular weight excluding hydrogens is 418 g/mol. The van der Waals surface area contributed by atoms with Gasteiger partial charge in [0, 0.05) is 29.9 Å². The van der Waals surface area contributed by atoms with Crippen molar-refractivity contribution in [3.05, 3.63) is 75.5 Å². The molecule has 1 aromatic rings. The second kappa shape index (κ2) is 8.53. The van der Waals surface area contributed by atoms with Crippen LogP contribution in [0, 0.1) is 0 Å². The number of ether oxygens (including phenoxy) is 1. The molecule has 1 amide bonds. The van der Waals surface area contributed by atoms with Crippen LogP contribution in [0.2, 0.25) is 0 Å². The minimum absolute atomic E-state index is 0.177. The first-order valence-corrected chi connectivity index (χ1v) is 11.1. The number of pyridine rings is 1. The topological polar surface area (TPSA) is 54.8 Å². The summed E-state index contributed by atoms with van der Waals surface area (Å²) in [7, 11) is 0. The zero-order valence-corrected chi connectivity index (χ0v) is 18.7. The number of hydrogen-bond donors (Lipinski definition) is 0. The third-order valence-electron chi connectivity index (χ3n) is 5.87. The fourth-order valence-electron chi connectivity index (χ4n) is 3.93. The number of thioether (sulfide) groups is 1. The van der Waals surface area contributed by atoms with Crippen LogP contribution < -0.4 is 0 Å². The summed E-state index contributed by atoms with van der Waals surface area (Å²) in [4.78, 5) is 24.4. The van der Waals surface area contributed by atoms with E-state index in [1.807, 2.05) is 32.2 Å². The van der Waals surface area contributed by atoms with Crippen molar-refractivity contribution in [2.75, 3.05) is 13.1 Å². The summed E-state index contributed by atoms with van der Waals surface area (Å²) >= 11 is 7.43. The molecule has 156 valence electrons. The van der Waals surface area contributed by atoms with Gasteiger partial charge in [-0.15, -0.1) is 0 Å². The summed E-state index contributed by atoms with van der Waals surface area (Å²) in [5.41, 5.74) is 3.85. The summed E-state index contributed by atoms with van der Waals surface area (Å²) in [6.07, 6.45) is 8.77. The van der Waals surface area contributed by atoms with Crippen molar-refractivity contribution in [2.45, 2.75) is 38.9 Å². The lowest BCUT2D eigenvalue weighted by Gasteiger charge is -2.39. The average molecular weight is 442 g/mol. The zero-order valence-electron chi connectivity index (χ0n) is 17.2. The number of carbonyl (C=O) groups excluding carboxylic acids is 1. The van der Waals surface area contributed by atoms with Gasteiger partial charge in [-0.25, -0.2) is 0 Å². The second-order valence-electron chi connectivity index (χ2n) is 7.64. The molecule has 0 aromatic carbocycles. The molecule has 0 N–H and O–H groups in total. The van der Waals surface area contributed by atoms with Crippen LogP contribution in [0.1, 0.15) is 37.9 Å². The SMILES string of the molecule is C=C\C(Cl)=C/C=C(C)/C(C)=C1\SC(N2CCC3(CC2)OCc2cccnc23)=NC1=O. The molecule has 5 nitrogen and oxygen atoms in total. The summed E-state index contributed by atoms with van der Waals surface area (Å²) in [6.45, 7) is 9.74. The van der Waals surface area contributed by atoms with E-state index < -0.39 is 0 Å². The van der Waals surface area contributed by atoms with Gasteiger partial charge in [-0.2, -0.15) is 4.99 Å². The van der Waals surface area contributed by atoms with E-state index in [2.05, 4.69) is 27.5 Å². The quantitative estimate of drug-likeness (QED) is 0.484. The van der Waals surface area contributed by atoms with Crippen LogP contribution >= 0.6 is 23.4 Å². The van der Waals surface area contributed by atoms with Crippen LogP contribution in [-0.4, -0.2) is 34.0 Å². The number of aliphatic imine (C=N–C) groups is 1. The number of rotatable bonds is 3. The highest BCUT2D eigenvalue weighted by atomic mass is 35.5. The third-order valence-corrected chi connectivity index (χ3v) is 7.37. The van der Waals surface area contributed by atoms with E-state index in [0.717, 1.165) is 47.9 Å². The summed E-state index contributed by atoms with van der Waals surface area (Å²) in [6, 6.07) is 4.05. The van der Waals surface area contributed by atoms with E-state index in [0.29, 0.717) is 16.5 Å². The van der Waals surface area contributed by atoms with Crippen molar-refractivity contribution in [3.8, 4) is 0 Å². The lowest BCUT2D eigenvalue weighted by Crippen LogP contribution is -2.44. The van der Waals surface area contributed by atoms with Gasteiger partial charge >= 0.3 is 0 Å². The van der Waals surface area contributed by atoms with Gasteiger partial charge in [-0.05, 0) is 61.7 Å². The van der Waals surface area contributed by atoms with Crippen LogP contribution in [0.3, 0.4) is 0 Å². The van der Waals surface area contributed by atoms with E-state index in [1.54, 1.807) is 12.2 Å². The number of amidine groups is 1. The Labute approximate surface area is 186 Å². The Morgan fingerprint density at radius 3 is 2.83 bits per heavy atom. The van der Waals surface area contributed by atoms with Gasteiger partial charge in [0.05, 0.1) is 17.2 Å². The lowest BCUT2D eigenvalue weighted by molar-refractivity contribution is -0.113. The molecule has 1 spiro atoms. The first-order valence-electron chi connectivity index (χ1n) is 9.95. The summed E-state index contributed by atoms with van der Waals surface area (Å²) in [5.74, 6) is -0.177. The fourth-order valence-corrected chi connectivity index (χ4v) is 5.07. The highest BCUT2D eigenvalue weighted by molar-refractivity contribution is 8.18. The number of allylic oxidation sites excluding steroid dienone is 6. The van der Waals surface area contributed by atoms with Crippen LogP contribution in [-0.2, 0) is 21.7 Å². The van der Waals surface area contributed by atoms with Gasteiger partial charge in [0.1, 0.15) is 5.60 Å². The Morgan fingerprint density at radius 2 is 2.10 bits per heavy atom. The average Bonchev–Trinajstić information content (AvgIpc) is 3.33. The number of halogens is 1. The molecule has 3 aliphatic heterocycles. The van der Waals surface area contributed by atoms with E-state index in [9.17, 15) is 4.79 Å². The molecule has 7 heteroatoms. The number of nitrogens with zero attached hydrogens (tertiary/aromatic N) is 3. The van der Waals surface area contributed by atoms with Crippen molar-refractivity contribution in [1.82, 2.24) is 9.88 Å². The summed E-state index contributed by atoms with van der Waals surface area (Å²) < 4.78 is 6.19. The molecule has 0 aliphatic carbocycles. The number of fused-ring (bicyclic) bond motifs is 2. The maximum Gasteiger partial charge on any atom is 0.286 e. The molecule has 0 atom stereocenters. The Hall–Kier alpha value is -2.15. The third kappa shape index (κ3) is 3.92. The molecular formula is C23H24ClN3O2S. The maximum absolute atomic E-state index is 12.6. The zero-order chi connectivity index (χ0) is 21.3. The smallest absolute Gasteiger partial charge is 0.286 e. The molecule has 30 heavy (non-hydrogen) atoms. The van der Waals surface area contributed by atoms with Crippen LogP contribution in [0.5, 0.6) is 0 Å². The number of aromatic nitrogens is 1. The minimum atomic E-state index is -0.300. The largest absolute Gasteiger partial charge is 0.364 e. The summed E-state index contributed by atoms with van der Waals surface area (Å²) in [5, 5.41) is 1.33. The van der Waals surface area contributed by atoms with Crippen LogP contribution in [0.25, 0.3) is 0 Å². The molecule has 1 saturated heterocycles. The van der Waals surface area contributed by atoms with E-state index >= 15 is 0 Å². The number of amides is 1. The number of likely N-dealkylation sites (tertiary alicyclic amines) is 1.